The number of benzene rings is 2. The lowest BCUT2D eigenvalue weighted by Gasteiger charge is -2.22. The van der Waals surface area contributed by atoms with Crippen LogP contribution in [-0.4, -0.2) is 18.4 Å². The van der Waals surface area contributed by atoms with E-state index >= 15 is 0 Å². The Hall–Kier alpha value is -1.93. The summed E-state index contributed by atoms with van der Waals surface area (Å²) < 4.78 is 0. The maximum atomic E-state index is 12.4. The molecule has 0 bridgehead atoms. The number of nitrogens with one attached hydrogen (secondary N) is 1. The van der Waals surface area contributed by atoms with Gasteiger partial charge in [-0.15, -0.1) is 0 Å². The van der Waals surface area contributed by atoms with E-state index in [1.165, 1.54) is 17.5 Å². The van der Waals surface area contributed by atoms with Crippen LogP contribution < -0.4 is 5.32 Å². The van der Waals surface area contributed by atoms with Crippen LogP contribution >= 0.6 is 0 Å². The number of rotatable bonds is 4. The second-order valence-corrected chi connectivity index (χ2v) is 5.73. The predicted molar refractivity (Wildman–Crippen MR) is 85.7 cm³/mol. The van der Waals surface area contributed by atoms with E-state index in [-0.39, 0.29) is 11.8 Å². The van der Waals surface area contributed by atoms with E-state index in [9.17, 15) is 4.79 Å². The molecule has 21 heavy (non-hydrogen) atoms. The first-order chi connectivity index (χ1) is 10.3. The van der Waals surface area contributed by atoms with Gasteiger partial charge in [-0.3, -0.25) is 4.79 Å². The van der Waals surface area contributed by atoms with E-state index in [4.69, 9.17) is 0 Å². The van der Waals surface area contributed by atoms with Gasteiger partial charge < -0.3 is 5.32 Å². The largest absolute Gasteiger partial charge is 0.307 e. The lowest BCUT2D eigenvalue weighted by molar-refractivity contribution is 0.0927. The molecule has 1 atom stereocenters. The number of Topliss-reactive ketones (excluding diaryl/α,β-unsaturated/α-hetero) is 1. The number of carbonyl (C=O) groups is 1. The highest BCUT2D eigenvalue weighted by atomic mass is 16.1. The fraction of sp³-hybridized carbons (Fsp3) is 0.316. The monoisotopic (exact) mass is 279 g/mol. The normalized spacial score (nSPS) is 18.4. The first kappa shape index (κ1) is 14.0. The van der Waals surface area contributed by atoms with Gasteiger partial charge in [0.1, 0.15) is 0 Å². The van der Waals surface area contributed by atoms with Crippen molar-refractivity contribution < 1.29 is 4.79 Å². The molecular weight excluding hydrogens is 258 g/mol. The van der Waals surface area contributed by atoms with Crippen molar-refractivity contribution >= 4 is 5.78 Å². The predicted octanol–water partition coefficient (Wildman–Crippen LogP) is 3.60. The van der Waals surface area contributed by atoms with Crippen molar-refractivity contribution in [2.45, 2.75) is 31.7 Å². The Kier molecular flexibility index (Phi) is 4.46. The molecule has 108 valence electrons. The van der Waals surface area contributed by atoms with Gasteiger partial charge in [-0.05, 0) is 36.9 Å². The van der Waals surface area contributed by atoms with Crippen molar-refractivity contribution in [1.29, 1.82) is 0 Å². The molecule has 1 saturated heterocycles. The molecule has 2 heteroatoms. The second kappa shape index (κ2) is 6.68. The van der Waals surface area contributed by atoms with E-state index in [1.54, 1.807) is 0 Å². The Labute approximate surface area is 126 Å². The number of carbonyl (C=O) groups excluding carboxylic acids is 1. The second-order valence-electron chi connectivity index (χ2n) is 5.73. The molecule has 2 aromatic carbocycles. The molecule has 0 radical (unpaired) electrons. The standard InChI is InChI=1S/C19H21NO/c21-19(18-8-4-5-13-20-18)17-11-9-16(10-12-17)14-15-6-2-1-3-7-15/h1-3,6-7,9-12,18,20H,4-5,8,13-14H2. The van der Waals surface area contributed by atoms with Crippen LogP contribution in [0.3, 0.4) is 0 Å². The van der Waals surface area contributed by atoms with Gasteiger partial charge in [0.15, 0.2) is 5.78 Å². The Morgan fingerprint density at radius 1 is 0.952 bits per heavy atom. The van der Waals surface area contributed by atoms with Crippen molar-refractivity contribution in [2.24, 2.45) is 0 Å². The molecule has 1 unspecified atom stereocenters. The molecule has 2 aromatic rings. The van der Waals surface area contributed by atoms with Crippen LogP contribution in [0.2, 0.25) is 0 Å². The fourth-order valence-electron chi connectivity index (χ4n) is 2.90. The minimum Gasteiger partial charge on any atom is -0.307 e. The molecule has 3 rings (SSSR count). The summed E-state index contributed by atoms with van der Waals surface area (Å²) in [6, 6.07) is 18.5. The average Bonchev–Trinajstić information content (AvgIpc) is 2.57. The minimum absolute atomic E-state index is 0.0127. The smallest absolute Gasteiger partial charge is 0.179 e. The van der Waals surface area contributed by atoms with E-state index < -0.39 is 0 Å². The summed E-state index contributed by atoms with van der Waals surface area (Å²) in [5.74, 6) is 0.237. The summed E-state index contributed by atoms with van der Waals surface area (Å²) in [4.78, 5) is 12.4. The molecule has 0 amide bonds. The lowest BCUT2D eigenvalue weighted by atomic mass is 9.95. The summed E-state index contributed by atoms with van der Waals surface area (Å²) in [6.45, 7) is 0.961. The highest BCUT2D eigenvalue weighted by Gasteiger charge is 2.21. The Morgan fingerprint density at radius 3 is 2.33 bits per heavy atom. The van der Waals surface area contributed by atoms with E-state index in [2.05, 4.69) is 41.7 Å². The zero-order chi connectivity index (χ0) is 14.5. The Morgan fingerprint density at radius 2 is 1.67 bits per heavy atom. The molecule has 1 aliphatic heterocycles. The number of piperidine rings is 1. The lowest BCUT2D eigenvalue weighted by Crippen LogP contribution is -2.40. The summed E-state index contributed by atoms with van der Waals surface area (Å²) in [7, 11) is 0. The average molecular weight is 279 g/mol. The van der Waals surface area contributed by atoms with Crippen LogP contribution in [0.15, 0.2) is 54.6 Å². The summed E-state index contributed by atoms with van der Waals surface area (Å²) in [5.41, 5.74) is 3.37. The molecule has 0 saturated carbocycles. The SMILES string of the molecule is O=C(c1ccc(Cc2ccccc2)cc1)C1CCCCN1. The molecule has 2 nitrogen and oxygen atoms in total. The van der Waals surface area contributed by atoms with Crippen LogP contribution in [0.5, 0.6) is 0 Å². The van der Waals surface area contributed by atoms with Crippen LogP contribution in [0.4, 0.5) is 0 Å². The van der Waals surface area contributed by atoms with Gasteiger partial charge in [0.05, 0.1) is 6.04 Å². The Bertz CT molecular complexity index is 583. The van der Waals surface area contributed by atoms with Gasteiger partial charge in [0.2, 0.25) is 0 Å². The van der Waals surface area contributed by atoms with Gasteiger partial charge in [0, 0.05) is 5.56 Å². The number of ketones is 1. The molecule has 0 spiro atoms. The molecular formula is C19H21NO. The summed E-state index contributed by atoms with van der Waals surface area (Å²) in [5, 5.41) is 3.32. The molecule has 1 aliphatic rings. The first-order valence-electron chi connectivity index (χ1n) is 7.73. The maximum Gasteiger partial charge on any atom is 0.179 e. The third-order valence-corrected chi connectivity index (χ3v) is 4.12. The van der Waals surface area contributed by atoms with Gasteiger partial charge in [-0.2, -0.15) is 0 Å². The highest BCUT2D eigenvalue weighted by molar-refractivity contribution is 6.00. The van der Waals surface area contributed by atoms with E-state index in [0.29, 0.717) is 0 Å². The molecule has 0 aliphatic carbocycles. The maximum absolute atomic E-state index is 12.4. The van der Waals surface area contributed by atoms with Crippen LogP contribution in [-0.2, 0) is 6.42 Å². The van der Waals surface area contributed by atoms with Gasteiger partial charge in [-0.1, -0.05) is 61.0 Å². The highest BCUT2D eigenvalue weighted by Crippen LogP contribution is 2.15. The van der Waals surface area contributed by atoms with Crippen molar-refractivity contribution in [1.82, 2.24) is 5.32 Å². The molecule has 1 N–H and O–H groups in total. The van der Waals surface area contributed by atoms with E-state index in [0.717, 1.165) is 31.4 Å². The third kappa shape index (κ3) is 3.59. The molecule has 1 fully saturated rings. The first-order valence-corrected chi connectivity index (χ1v) is 7.73. The number of hydrogen-bond acceptors (Lipinski definition) is 2. The summed E-state index contributed by atoms with van der Waals surface area (Å²) in [6.07, 6.45) is 4.21. The third-order valence-electron chi connectivity index (χ3n) is 4.12. The van der Waals surface area contributed by atoms with Crippen LogP contribution in [0, 0.1) is 0 Å². The van der Waals surface area contributed by atoms with E-state index in [1.807, 2.05) is 18.2 Å². The van der Waals surface area contributed by atoms with Crippen molar-refractivity contribution in [2.75, 3.05) is 6.54 Å². The summed E-state index contributed by atoms with van der Waals surface area (Å²) >= 11 is 0. The van der Waals surface area contributed by atoms with Crippen molar-refractivity contribution in [3.8, 4) is 0 Å². The minimum atomic E-state index is 0.0127. The zero-order valence-corrected chi connectivity index (χ0v) is 12.2. The fourth-order valence-corrected chi connectivity index (χ4v) is 2.90. The van der Waals surface area contributed by atoms with Gasteiger partial charge in [-0.25, -0.2) is 0 Å². The van der Waals surface area contributed by atoms with Crippen molar-refractivity contribution in [3.05, 3.63) is 71.3 Å². The molecule has 1 heterocycles. The van der Waals surface area contributed by atoms with Crippen molar-refractivity contribution in [3.63, 3.8) is 0 Å². The quantitative estimate of drug-likeness (QED) is 0.866. The zero-order valence-electron chi connectivity index (χ0n) is 12.2. The Balaban J connectivity index is 1.67. The van der Waals surface area contributed by atoms with Crippen LogP contribution in [0.1, 0.15) is 40.7 Å². The van der Waals surface area contributed by atoms with Gasteiger partial charge >= 0.3 is 0 Å². The molecule has 0 aromatic heterocycles. The van der Waals surface area contributed by atoms with Gasteiger partial charge in [0.25, 0.3) is 0 Å². The number of hydrogen-bond donors (Lipinski definition) is 1. The van der Waals surface area contributed by atoms with Crippen LogP contribution in [0.25, 0.3) is 0 Å². The topological polar surface area (TPSA) is 29.1 Å².